The van der Waals surface area contributed by atoms with E-state index < -0.39 is 49.4 Å². The number of Topliss-reactive ketones (excluding diaryl/α,β-unsaturated/α-hetero) is 1. The van der Waals surface area contributed by atoms with E-state index in [1.54, 1.807) is 19.1 Å². The molecule has 0 bridgehead atoms. The SMILES string of the molecule is CC[C@H](NC(=O)[C@H](CS(=O)(=O)CC1CC1)N=C1NS(=O)(=O)c2ccccc21)C(=O)c1nnc(COC)o1. The Hall–Kier alpha value is -3.17. The summed E-state index contributed by atoms with van der Waals surface area (Å²) >= 11 is 0. The number of hydrogen-bond acceptors (Lipinski definition) is 11. The second-order valence-electron chi connectivity index (χ2n) is 8.88. The number of aliphatic imine (C=N–C) groups is 1. The molecule has 2 N–H and O–H groups in total. The molecule has 0 spiro atoms. The van der Waals surface area contributed by atoms with Crippen LogP contribution < -0.4 is 10.0 Å². The molecule has 4 rings (SSSR count). The highest BCUT2D eigenvalue weighted by Crippen LogP contribution is 2.31. The van der Waals surface area contributed by atoms with Gasteiger partial charge >= 0.3 is 0 Å². The van der Waals surface area contributed by atoms with Crippen molar-refractivity contribution < 1.29 is 35.6 Å². The number of amides is 1. The smallest absolute Gasteiger partial charge is 0.286 e. The fourth-order valence-electron chi connectivity index (χ4n) is 3.81. The normalized spacial score (nSPS) is 19.1. The minimum absolute atomic E-state index is 0.000762. The Kier molecular flexibility index (Phi) is 7.75. The lowest BCUT2D eigenvalue weighted by atomic mass is 10.1. The maximum absolute atomic E-state index is 13.3. The zero-order valence-corrected chi connectivity index (χ0v) is 21.8. The number of aromatic nitrogens is 2. The number of amidine groups is 1. The van der Waals surface area contributed by atoms with Crippen LogP contribution in [-0.2, 0) is 36.0 Å². The Labute approximate surface area is 214 Å². The first-order valence-corrected chi connectivity index (χ1v) is 14.9. The molecule has 200 valence electrons. The van der Waals surface area contributed by atoms with E-state index in [2.05, 4.69) is 25.2 Å². The summed E-state index contributed by atoms with van der Waals surface area (Å²) in [6.07, 6.45) is 1.72. The molecule has 1 aromatic heterocycles. The molecule has 2 heterocycles. The zero-order chi connectivity index (χ0) is 26.8. The first-order valence-electron chi connectivity index (χ1n) is 11.6. The van der Waals surface area contributed by atoms with E-state index in [0.29, 0.717) is 0 Å². The van der Waals surface area contributed by atoms with Crippen LogP contribution in [0.1, 0.15) is 48.3 Å². The van der Waals surface area contributed by atoms with Gasteiger partial charge in [-0.15, -0.1) is 10.2 Å². The van der Waals surface area contributed by atoms with E-state index in [-0.39, 0.29) is 52.8 Å². The van der Waals surface area contributed by atoms with Crippen LogP contribution in [0.15, 0.2) is 38.6 Å². The van der Waals surface area contributed by atoms with Crippen molar-refractivity contribution in [1.29, 1.82) is 0 Å². The van der Waals surface area contributed by atoms with Gasteiger partial charge in [0.2, 0.25) is 17.6 Å². The molecular formula is C22H27N5O8S2. The van der Waals surface area contributed by atoms with Crippen molar-refractivity contribution in [3.8, 4) is 0 Å². The van der Waals surface area contributed by atoms with E-state index in [1.165, 1.54) is 19.2 Å². The quantitative estimate of drug-likeness (QED) is 0.344. The number of nitrogens with one attached hydrogen (secondary N) is 2. The summed E-state index contributed by atoms with van der Waals surface area (Å²) in [5.74, 6) is -2.61. The van der Waals surface area contributed by atoms with Gasteiger partial charge in [0.05, 0.1) is 22.4 Å². The molecule has 2 atom stereocenters. The number of fused-ring (bicyclic) bond motifs is 1. The number of ether oxygens (including phenoxy) is 1. The fourth-order valence-corrected chi connectivity index (χ4v) is 6.95. The van der Waals surface area contributed by atoms with Gasteiger partial charge in [0.15, 0.2) is 9.84 Å². The van der Waals surface area contributed by atoms with E-state index in [0.717, 1.165) is 12.8 Å². The molecule has 1 amide bonds. The second-order valence-corrected chi connectivity index (χ2v) is 12.7. The number of nitrogens with zero attached hydrogens (tertiary/aromatic N) is 3. The van der Waals surface area contributed by atoms with Gasteiger partial charge in [-0.3, -0.25) is 19.3 Å². The number of sulfonamides is 1. The molecule has 0 saturated heterocycles. The van der Waals surface area contributed by atoms with Crippen molar-refractivity contribution >= 4 is 37.4 Å². The Morgan fingerprint density at radius 2 is 2.00 bits per heavy atom. The number of benzene rings is 1. The topological polar surface area (TPSA) is 187 Å². The Bertz CT molecular complexity index is 1430. The van der Waals surface area contributed by atoms with Crippen LogP contribution in [0.4, 0.5) is 0 Å². The summed E-state index contributed by atoms with van der Waals surface area (Å²) < 4.78 is 63.0. The number of sulfone groups is 1. The van der Waals surface area contributed by atoms with Crippen LogP contribution in [0.25, 0.3) is 0 Å². The summed E-state index contributed by atoms with van der Waals surface area (Å²) in [6.45, 7) is 1.64. The molecule has 15 heteroatoms. The number of hydrogen-bond donors (Lipinski definition) is 2. The van der Waals surface area contributed by atoms with Gasteiger partial charge in [-0.1, -0.05) is 19.1 Å². The third-order valence-electron chi connectivity index (χ3n) is 5.84. The summed E-state index contributed by atoms with van der Waals surface area (Å²) in [6, 6.07) is 3.41. The monoisotopic (exact) mass is 553 g/mol. The Balaban J connectivity index is 1.60. The van der Waals surface area contributed by atoms with Crippen molar-refractivity contribution in [2.24, 2.45) is 10.9 Å². The van der Waals surface area contributed by atoms with E-state index in [1.807, 2.05) is 0 Å². The lowest BCUT2D eigenvalue weighted by molar-refractivity contribution is -0.122. The average molecular weight is 554 g/mol. The predicted molar refractivity (Wildman–Crippen MR) is 130 cm³/mol. The van der Waals surface area contributed by atoms with Gasteiger partial charge < -0.3 is 14.5 Å². The van der Waals surface area contributed by atoms with Crippen LogP contribution >= 0.6 is 0 Å². The highest BCUT2D eigenvalue weighted by atomic mass is 32.2. The summed E-state index contributed by atoms with van der Waals surface area (Å²) in [5, 5.41) is 9.90. The molecule has 1 saturated carbocycles. The predicted octanol–water partition coefficient (Wildman–Crippen LogP) is 0.226. The average Bonchev–Trinajstić information content (AvgIpc) is 3.45. The van der Waals surface area contributed by atoms with Crippen LogP contribution in [0.2, 0.25) is 0 Å². The van der Waals surface area contributed by atoms with E-state index in [4.69, 9.17) is 9.15 Å². The van der Waals surface area contributed by atoms with Crippen LogP contribution in [0.5, 0.6) is 0 Å². The molecule has 1 aliphatic heterocycles. The minimum Gasteiger partial charge on any atom is -0.416 e. The molecule has 2 aromatic rings. The van der Waals surface area contributed by atoms with Gasteiger partial charge in [-0.25, -0.2) is 16.8 Å². The number of ketones is 1. The molecule has 13 nitrogen and oxygen atoms in total. The largest absolute Gasteiger partial charge is 0.416 e. The molecule has 0 radical (unpaired) electrons. The molecule has 1 aliphatic carbocycles. The second kappa shape index (κ2) is 10.7. The van der Waals surface area contributed by atoms with Crippen molar-refractivity contribution in [2.45, 2.75) is 49.8 Å². The summed E-state index contributed by atoms with van der Waals surface area (Å²) in [5.41, 5.74) is 0.222. The number of carbonyl (C=O) groups excluding carboxylic acids is 2. The van der Waals surface area contributed by atoms with Gasteiger partial charge in [-0.05, 0) is 37.3 Å². The van der Waals surface area contributed by atoms with Gasteiger partial charge in [-0.2, -0.15) is 0 Å². The lowest BCUT2D eigenvalue weighted by Gasteiger charge is -2.19. The standard InChI is InChI=1S/C22H27N5O8S2/c1-3-15(19(28)22-26-25-18(35-22)10-34-2)24-21(29)16(12-36(30,31)11-13-8-9-13)23-20-14-6-4-5-7-17(14)37(32,33)27-20/h4-7,13,15-16H,3,8-12H2,1-2H3,(H,23,27)(H,24,29)/t15-,16-/m0/s1. The first kappa shape index (κ1) is 26.9. The van der Waals surface area contributed by atoms with Crippen LogP contribution in [0, 0.1) is 5.92 Å². The maximum Gasteiger partial charge on any atom is 0.286 e. The third-order valence-corrected chi connectivity index (χ3v) is 9.04. The van der Waals surface area contributed by atoms with Crippen LogP contribution in [-0.4, -0.2) is 75.3 Å². The first-order chi connectivity index (χ1) is 17.5. The summed E-state index contributed by atoms with van der Waals surface area (Å²) in [4.78, 5) is 30.4. The van der Waals surface area contributed by atoms with E-state index >= 15 is 0 Å². The zero-order valence-electron chi connectivity index (χ0n) is 20.2. The number of methoxy groups -OCH3 is 1. The van der Waals surface area contributed by atoms with Gasteiger partial charge in [0, 0.05) is 12.7 Å². The van der Waals surface area contributed by atoms with Gasteiger partial charge in [0.1, 0.15) is 18.5 Å². The van der Waals surface area contributed by atoms with Gasteiger partial charge in [0.25, 0.3) is 15.9 Å². The third kappa shape index (κ3) is 6.40. The molecule has 1 fully saturated rings. The van der Waals surface area contributed by atoms with Crippen molar-refractivity contribution in [3.05, 3.63) is 41.6 Å². The maximum atomic E-state index is 13.3. The lowest BCUT2D eigenvalue weighted by Crippen LogP contribution is -2.47. The fraction of sp³-hybridized carbons (Fsp3) is 0.500. The van der Waals surface area contributed by atoms with Crippen molar-refractivity contribution in [1.82, 2.24) is 20.2 Å². The highest BCUT2D eigenvalue weighted by molar-refractivity contribution is 7.91. The molecule has 0 unspecified atom stereocenters. The minimum atomic E-state index is -3.91. The number of carbonyl (C=O) groups is 2. The van der Waals surface area contributed by atoms with E-state index in [9.17, 15) is 26.4 Å². The Morgan fingerprint density at radius 1 is 1.27 bits per heavy atom. The van der Waals surface area contributed by atoms with Crippen LogP contribution in [0.3, 0.4) is 0 Å². The van der Waals surface area contributed by atoms with Crippen molar-refractivity contribution in [2.75, 3.05) is 18.6 Å². The summed E-state index contributed by atoms with van der Waals surface area (Å²) in [7, 11) is -6.21. The van der Waals surface area contributed by atoms with Crippen molar-refractivity contribution in [3.63, 3.8) is 0 Å². The molecule has 37 heavy (non-hydrogen) atoms. The Morgan fingerprint density at radius 3 is 2.68 bits per heavy atom. The number of rotatable bonds is 12. The molecular weight excluding hydrogens is 526 g/mol. The molecule has 2 aliphatic rings. The highest BCUT2D eigenvalue weighted by Gasteiger charge is 2.36. The molecule has 1 aromatic carbocycles.